The normalized spacial score (nSPS) is 10.6. The molecule has 0 fully saturated rings. The van der Waals surface area contributed by atoms with Gasteiger partial charge in [-0.3, -0.25) is 4.79 Å². The first kappa shape index (κ1) is 14.0. The van der Waals surface area contributed by atoms with E-state index in [-0.39, 0.29) is 5.56 Å². The number of hydrogen-bond donors (Lipinski definition) is 1. The lowest BCUT2D eigenvalue weighted by atomic mass is 10.0. The zero-order chi connectivity index (χ0) is 14.9. The van der Waals surface area contributed by atoms with Gasteiger partial charge < -0.3 is 5.11 Å². The highest BCUT2D eigenvalue weighted by molar-refractivity contribution is 5.88. The molecular formula is C15H16N2O3. The quantitative estimate of drug-likeness (QED) is 0.930. The van der Waals surface area contributed by atoms with Crippen LogP contribution in [0.5, 0.6) is 0 Å². The first-order valence-corrected chi connectivity index (χ1v) is 6.37. The summed E-state index contributed by atoms with van der Waals surface area (Å²) < 4.78 is 1.18. The second kappa shape index (κ2) is 5.28. The minimum atomic E-state index is -1.23. The molecule has 1 heterocycles. The van der Waals surface area contributed by atoms with E-state index >= 15 is 0 Å². The molecule has 2 rings (SSSR count). The summed E-state index contributed by atoms with van der Waals surface area (Å²) in [6.45, 7) is 5.97. The van der Waals surface area contributed by atoms with Crippen molar-refractivity contribution in [2.75, 3.05) is 0 Å². The fourth-order valence-corrected chi connectivity index (χ4v) is 2.05. The number of aryl methyl sites for hydroxylation is 3. The zero-order valence-electron chi connectivity index (χ0n) is 11.7. The van der Waals surface area contributed by atoms with Gasteiger partial charge in [-0.05, 0) is 38.5 Å². The van der Waals surface area contributed by atoms with E-state index in [1.165, 1.54) is 10.7 Å². The van der Waals surface area contributed by atoms with Crippen molar-refractivity contribution < 1.29 is 9.90 Å². The number of carbonyl (C=O) groups is 1. The maximum atomic E-state index is 11.9. The average Bonchev–Trinajstić information content (AvgIpc) is 2.41. The van der Waals surface area contributed by atoms with Gasteiger partial charge in [0.15, 0.2) is 0 Å². The SMILES string of the molecule is CCn1nc(-c2cc(C)ccc2C)cc(C(=O)O)c1=O. The van der Waals surface area contributed by atoms with Crippen LogP contribution in [-0.4, -0.2) is 20.9 Å². The van der Waals surface area contributed by atoms with Gasteiger partial charge >= 0.3 is 5.97 Å². The summed E-state index contributed by atoms with van der Waals surface area (Å²) in [5.41, 5.74) is 2.56. The fraction of sp³-hybridized carbons (Fsp3) is 0.267. The van der Waals surface area contributed by atoms with Crippen LogP contribution in [0, 0.1) is 13.8 Å². The Labute approximate surface area is 116 Å². The topological polar surface area (TPSA) is 72.2 Å². The van der Waals surface area contributed by atoms with Crippen molar-refractivity contribution in [3.8, 4) is 11.3 Å². The Hall–Kier alpha value is -2.43. The number of carboxylic acids is 1. The molecule has 0 bridgehead atoms. The summed E-state index contributed by atoms with van der Waals surface area (Å²) in [6.07, 6.45) is 0. The van der Waals surface area contributed by atoms with Gasteiger partial charge in [-0.1, -0.05) is 17.7 Å². The molecule has 5 heteroatoms. The van der Waals surface area contributed by atoms with E-state index in [1.54, 1.807) is 6.92 Å². The number of aromatic nitrogens is 2. The largest absolute Gasteiger partial charge is 0.477 e. The van der Waals surface area contributed by atoms with Gasteiger partial charge in [-0.15, -0.1) is 0 Å². The predicted octanol–water partition coefficient (Wildman–Crippen LogP) is 2.25. The van der Waals surface area contributed by atoms with Gasteiger partial charge in [0.05, 0.1) is 5.69 Å². The maximum absolute atomic E-state index is 11.9. The monoisotopic (exact) mass is 272 g/mol. The average molecular weight is 272 g/mol. The van der Waals surface area contributed by atoms with Crippen molar-refractivity contribution in [3.05, 3.63) is 51.3 Å². The molecular weight excluding hydrogens is 256 g/mol. The van der Waals surface area contributed by atoms with E-state index in [1.807, 2.05) is 32.0 Å². The summed E-state index contributed by atoms with van der Waals surface area (Å²) in [7, 11) is 0. The van der Waals surface area contributed by atoms with Crippen molar-refractivity contribution in [2.45, 2.75) is 27.3 Å². The minimum Gasteiger partial charge on any atom is -0.477 e. The molecule has 0 aliphatic carbocycles. The molecule has 0 saturated carbocycles. The highest BCUT2D eigenvalue weighted by Crippen LogP contribution is 2.22. The number of nitrogens with zero attached hydrogens (tertiary/aromatic N) is 2. The third-order valence-electron chi connectivity index (χ3n) is 3.17. The standard InChI is InChI=1S/C15H16N2O3/c1-4-17-14(18)12(15(19)20)8-13(16-17)11-7-9(2)5-6-10(11)3/h5-8H,4H2,1-3H3,(H,19,20). The molecule has 1 aromatic heterocycles. The van der Waals surface area contributed by atoms with E-state index in [2.05, 4.69) is 5.10 Å². The van der Waals surface area contributed by atoms with Gasteiger partial charge in [-0.25, -0.2) is 9.48 Å². The van der Waals surface area contributed by atoms with Crippen molar-refractivity contribution in [1.29, 1.82) is 0 Å². The number of rotatable bonds is 3. The predicted molar refractivity (Wildman–Crippen MR) is 76.0 cm³/mol. The van der Waals surface area contributed by atoms with Gasteiger partial charge in [0.1, 0.15) is 5.56 Å². The van der Waals surface area contributed by atoms with E-state index in [0.717, 1.165) is 16.7 Å². The fourth-order valence-electron chi connectivity index (χ4n) is 2.05. The molecule has 0 aliphatic rings. The van der Waals surface area contributed by atoms with Crippen LogP contribution < -0.4 is 5.56 Å². The second-order valence-electron chi connectivity index (χ2n) is 4.69. The number of carboxylic acid groups (broad SMARTS) is 1. The molecule has 0 amide bonds. The van der Waals surface area contributed by atoms with Gasteiger partial charge in [-0.2, -0.15) is 5.10 Å². The minimum absolute atomic E-state index is 0.252. The Balaban J connectivity index is 2.75. The second-order valence-corrected chi connectivity index (χ2v) is 4.69. The lowest BCUT2D eigenvalue weighted by molar-refractivity contribution is 0.0693. The number of aromatic carboxylic acids is 1. The van der Waals surface area contributed by atoms with Crippen molar-refractivity contribution >= 4 is 5.97 Å². The molecule has 0 atom stereocenters. The molecule has 0 saturated heterocycles. The Morgan fingerprint density at radius 1 is 1.30 bits per heavy atom. The van der Waals surface area contributed by atoms with Gasteiger partial charge in [0.2, 0.25) is 0 Å². The summed E-state index contributed by atoms with van der Waals surface area (Å²) in [6, 6.07) is 7.22. The van der Waals surface area contributed by atoms with Crippen LogP contribution >= 0.6 is 0 Å². The molecule has 5 nitrogen and oxygen atoms in total. The smallest absolute Gasteiger partial charge is 0.341 e. The lowest BCUT2D eigenvalue weighted by Gasteiger charge is -2.10. The third kappa shape index (κ3) is 2.47. The van der Waals surface area contributed by atoms with Crippen molar-refractivity contribution in [2.24, 2.45) is 0 Å². The maximum Gasteiger partial charge on any atom is 0.341 e. The van der Waals surface area contributed by atoms with Crippen LogP contribution in [0.1, 0.15) is 28.4 Å². The summed E-state index contributed by atoms with van der Waals surface area (Å²) in [5, 5.41) is 13.4. The van der Waals surface area contributed by atoms with Crippen molar-refractivity contribution in [3.63, 3.8) is 0 Å². The number of hydrogen-bond acceptors (Lipinski definition) is 3. The molecule has 0 spiro atoms. The summed E-state index contributed by atoms with van der Waals surface area (Å²) in [5.74, 6) is -1.23. The highest BCUT2D eigenvalue weighted by atomic mass is 16.4. The molecule has 104 valence electrons. The Morgan fingerprint density at radius 2 is 2.00 bits per heavy atom. The third-order valence-corrected chi connectivity index (χ3v) is 3.17. The van der Waals surface area contributed by atoms with E-state index in [0.29, 0.717) is 12.2 Å². The molecule has 1 aromatic carbocycles. The molecule has 20 heavy (non-hydrogen) atoms. The van der Waals surface area contributed by atoms with Crippen LogP contribution in [0.15, 0.2) is 29.1 Å². The Morgan fingerprint density at radius 3 is 2.60 bits per heavy atom. The van der Waals surface area contributed by atoms with Gasteiger partial charge in [0.25, 0.3) is 5.56 Å². The van der Waals surface area contributed by atoms with Gasteiger partial charge in [0, 0.05) is 12.1 Å². The highest BCUT2D eigenvalue weighted by Gasteiger charge is 2.15. The summed E-state index contributed by atoms with van der Waals surface area (Å²) >= 11 is 0. The molecule has 0 aliphatic heterocycles. The molecule has 0 unspecified atom stereocenters. The lowest BCUT2D eigenvalue weighted by Crippen LogP contribution is -2.28. The first-order chi connectivity index (χ1) is 9.43. The molecule has 0 radical (unpaired) electrons. The number of benzene rings is 1. The summed E-state index contributed by atoms with van der Waals surface area (Å²) in [4.78, 5) is 23.1. The van der Waals surface area contributed by atoms with E-state index in [9.17, 15) is 9.59 Å². The van der Waals surface area contributed by atoms with E-state index < -0.39 is 11.5 Å². The van der Waals surface area contributed by atoms with Crippen LogP contribution in [-0.2, 0) is 6.54 Å². The molecule has 1 N–H and O–H groups in total. The van der Waals surface area contributed by atoms with Crippen molar-refractivity contribution in [1.82, 2.24) is 9.78 Å². The molecule has 2 aromatic rings. The van der Waals surface area contributed by atoms with E-state index in [4.69, 9.17) is 5.11 Å². The zero-order valence-corrected chi connectivity index (χ0v) is 11.7. The first-order valence-electron chi connectivity index (χ1n) is 6.37. The van der Waals surface area contributed by atoms with Crippen LogP contribution in [0.4, 0.5) is 0 Å². The van der Waals surface area contributed by atoms with Crippen LogP contribution in [0.25, 0.3) is 11.3 Å². The Kier molecular flexibility index (Phi) is 3.70. The van der Waals surface area contributed by atoms with Crippen LogP contribution in [0.3, 0.4) is 0 Å². The Bertz CT molecular complexity index is 732. The van der Waals surface area contributed by atoms with Crippen LogP contribution in [0.2, 0.25) is 0 Å².